The van der Waals surface area contributed by atoms with Gasteiger partial charge in [0.1, 0.15) is 0 Å². The number of rotatable bonds is 3. The van der Waals surface area contributed by atoms with Crippen LogP contribution in [0.4, 0.5) is 5.69 Å². The summed E-state index contributed by atoms with van der Waals surface area (Å²) in [5.41, 5.74) is -3.52. The van der Waals surface area contributed by atoms with Gasteiger partial charge >= 0.3 is 11.1 Å². The number of aromatic nitrogens is 2. The minimum Gasteiger partial charge on any atom is -0.316 e. The quantitative estimate of drug-likeness (QED) is 0.171. The Morgan fingerprint density at radius 3 is 2.04 bits per heavy atom. The monoisotopic (exact) mass is 415 g/mol. The van der Waals surface area contributed by atoms with E-state index in [0.29, 0.717) is 6.07 Å². The van der Waals surface area contributed by atoms with Gasteiger partial charge in [0.2, 0.25) is 20.0 Å². The number of nitrogens with two attached hydrogens (primary N) is 2. The molecular weight excluding hydrogens is 406 g/mol. The van der Waals surface area contributed by atoms with Crippen LogP contribution < -0.4 is 21.4 Å². The molecular formula is C12H9N5O8S2. The molecule has 13 nitrogen and oxygen atoms in total. The van der Waals surface area contributed by atoms with E-state index >= 15 is 0 Å². The Balaban J connectivity index is 2.80. The molecule has 2 aromatic carbocycles. The number of primary sulfonamides is 2. The Bertz CT molecular complexity index is 1480. The fourth-order valence-corrected chi connectivity index (χ4v) is 4.02. The second-order valence-corrected chi connectivity index (χ2v) is 8.51. The van der Waals surface area contributed by atoms with E-state index in [1.165, 1.54) is 0 Å². The van der Waals surface area contributed by atoms with E-state index in [-0.39, 0.29) is 16.4 Å². The summed E-state index contributed by atoms with van der Waals surface area (Å²) in [7, 11) is -9.09. The van der Waals surface area contributed by atoms with Gasteiger partial charge in [-0.2, -0.15) is 0 Å². The van der Waals surface area contributed by atoms with Gasteiger partial charge < -0.3 is 9.97 Å². The molecule has 15 heteroatoms. The number of benzene rings is 2. The Labute approximate surface area is 148 Å². The van der Waals surface area contributed by atoms with Crippen molar-refractivity contribution in [1.82, 2.24) is 9.97 Å². The highest BCUT2D eigenvalue weighted by atomic mass is 32.2. The van der Waals surface area contributed by atoms with E-state index in [1.807, 2.05) is 0 Å². The fraction of sp³-hybridized carbons (Fsp3) is 0. The Hall–Kier alpha value is -3.14. The third kappa shape index (κ3) is 3.08. The number of hydrogen-bond acceptors (Lipinski definition) is 8. The van der Waals surface area contributed by atoms with Gasteiger partial charge in [-0.3, -0.25) is 19.7 Å². The largest absolute Gasteiger partial charge is 0.316 e. The van der Waals surface area contributed by atoms with E-state index in [9.17, 15) is 36.5 Å². The molecule has 27 heavy (non-hydrogen) atoms. The van der Waals surface area contributed by atoms with Gasteiger partial charge in [0.25, 0.3) is 5.69 Å². The molecule has 0 bridgehead atoms. The van der Waals surface area contributed by atoms with Gasteiger partial charge in [-0.25, -0.2) is 27.1 Å². The minimum absolute atomic E-state index is 0.231. The van der Waals surface area contributed by atoms with Gasteiger partial charge in [0.15, 0.2) is 0 Å². The molecule has 0 aliphatic heterocycles. The lowest BCUT2D eigenvalue weighted by Crippen LogP contribution is -2.29. The van der Waals surface area contributed by atoms with Crippen LogP contribution in [0.2, 0.25) is 0 Å². The molecule has 0 saturated heterocycles. The molecule has 142 valence electrons. The summed E-state index contributed by atoms with van der Waals surface area (Å²) in [6.45, 7) is 0. The first-order valence-electron chi connectivity index (χ1n) is 6.78. The maximum atomic E-state index is 11.9. The molecule has 6 N–H and O–H groups in total. The highest BCUT2D eigenvalue weighted by molar-refractivity contribution is 7.90. The Morgan fingerprint density at radius 1 is 0.926 bits per heavy atom. The van der Waals surface area contributed by atoms with Crippen LogP contribution in [0.1, 0.15) is 0 Å². The SMILES string of the molecule is NS(=O)(=O)c1cc(S(N)(=O)=O)c2c([N+](=O)[O-])cc3[nH]c(=O)c(=O)[nH]c3c2c1. The van der Waals surface area contributed by atoms with Crippen molar-refractivity contribution < 1.29 is 21.8 Å². The highest BCUT2D eigenvalue weighted by Gasteiger charge is 2.27. The number of nitrogens with zero attached hydrogens (tertiary/aromatic N) is 1. The number of nitro benzene ring substituents is 1. The Morgan fingerprint density at radius 2 is 1.52 bits per heavy atom. The lowest BCUT2D eigenvalue weighted by molar-refractivity contribution is -0.383. The van der Waals surface area contributed by atoms with Gasteiger partial charge in [0.05, 0.1) is 31.1 Å². The summed E-state index contributed by atoms with van der Waals surface area (Å²) in [4.78, 5) is 36.3. The van der Waals surface area contributed by atoms with Crippen LogP contribution in [0.3, 0.4) is 0 Å². The van der Waals surface area contributed by atoms with Crippen molar-refractivity contribution in [3.05, 3.63) is 49.0 Å². The van der Waals surface area contributed by atoms with E-state index in [1.54, 1.807) is 0 Å². The van der Waals surface area contributed by atoms with Crippen LogP contribution in [0.25, 0.3) is 21.8 Å². The number of nitrogens with one attached hydrogen (secondary N) is 2. The maximum Gasteiger partial charge on any atom is 0.314 e. The summed E-state index contributed by atoms with van der Waals surface area (Å²) in [5.74, 6) is 0. The van der Waals surface area contributed by atoms with E-state index < -0.39 is 57.0 Å². The van der Waals surface area contributed by atoms with Gasteiger partial charge in [-0.1, -0.05) is 0 Å². The maximum absolute atomic E-state index is 11.9. The van der Waals surface area contributed by atoms with Crippen molar-refractivity contribution in [3.8, 4) is 0 Å². The minimum atomic E-state index is -4.64. The van der Waals surface area contributed by atoms with Gasteiger partial charge in [0, 0.05) is 11.5 Å². The standard InChI is InChI=1S/C12H9N5O8S2/c13-26(22,23)4-1-5-9(8(2-4)27(14,24)25)7(17(20)21)3-6-10(5)16-12(19)11(18)15-6/h1-3H,(H,15,18)(H,16,19)(H2,13,22,23)(H2,14,24,25). The molecule has 0 saturated carbocycles. The second kappa shape index (κ2) is 5.68. The third-order valence-electron chi connectivity index (χ3n) is 3.68. The van der Waals surface area contributed by atoms with Gasteiger partial charge in [-0.05, 0) is 12.1 Å². The molecule has 3 rings (SSSR count). The molecule has 0 unspecified atom stereocenters. The number of nitro groups is 1. The number of non-ortho nitro benzene ring substituents is 1. The summed E-state index contributed by atoms with van der Waals surface area (Å²) >= 11 is 0. The topological polar surface area (TPSA) is 229 Å². The van der Waals surface area contributed by atoms with Gasteiger partial charge in [-0.15, -0.1) is 0 Å². The number of H-pyrrole nitrogens is 2. The first-order valence-corrected chi connectivity index (χ1v) is 9.87. The molecule has 0 radical (unpaired) electrons. The molecule has 3 aromatic rings. The first kappa shape index (κ1) is 18.6. The van der Waals surface area contributed by atoms with Crippen LogP contribution in [-0.4, -0.2) is 31.7 Å². The molecule has 0 amide bonds. The lowest BCUT2D eigenvalue weighted by Gasteiger charge is -2.10. The van der Waals surface area contributed by atoms with Crippen LogP contribution in [0.5, 0.6) is 0 Å². The average molecular weight is 415 g/mol. The Kier molecular flexibility index (Phi) is 3.92. The highest BCUT2D eigenvalue weighted by Crippen LogP contribution is 2.36. The fourth-order valence-electron chi connectivity index (χ4n) is 2.59. The molecule has 0 fully saturated rings. The summed E-state index contributed by atoms with van der Waals surface area (Å²) in [6.07, 6.45) is 0. The van der Waals surface area contributed by atoms with E-state index in [0.717, 1.165) is 12.1 Å². The van der Waals surface area contributed by atoms with E-state index in [2.05, 4.69) is 9.97 Å². The smallest absolute Gasteiger partial charge is 0.314 e. The summed E-state index contributed by atoms with van der Waals surface area (Å²) in [5, 5.41) is 20.6. The zero-order valence-electron chi connectivity index (χ0n) is 12.9. The molecule has 0 atom stereocenters. The van der Waals surface area contributed by atoms with Crippen LogP contribution >= 0.6 is 0 Å². The van der Waals surface area contributed by atoms with Crippen molar-refractivity contribution in [3.63, 3.8) is 0 Å². The molecule has 1 heterocycles. The number of hydrogen-bond donors (Lipinski definition) is 4. The van der Waals surface area contributed by atoms with Crippen molar-refractivity contribution in [1.29, 1.82) is 0 Å². The number of fused-ring (bicyclic) bond motifs is 3. The van der Waals surface area contributed by atoms with Crippen LogP contribution in [0, 0.1) is 10.1 Å². The predicted octanol–water partition coefficient (Wildman–Crippen LogP) is -1.43. The molecule has 0 aliphatic carbocycles. The van der Waals surface area contributed by atoms with Crippen molar-refractivity contribution in [2.75, 3.05) is 0 Å². The number of sulfonamides is 2. The molecule has 1 aromatic heterocycles. The summed E-state index contributed by atoms with van der Waals surface area (Å²) in [6, 6.07) is 2.23. The second-order valence-electron chi connectivity index (χ2n) is 5.42. The first-order chi connectivity index (χ1) is 12.3. The van der Waals surface area contributed by atoms with Crippen molar-refractivity contribution in [2.24, 2.45) is 10.3 Å². The normalized spacial score (nSPS) is 12.5. The molecule has 0 aliphatic rings. The van der Waals surface area contributed by atoms with Crippen LogP contribution in [0.15, 0.2) is 37.6 Å². The number of aromatic amines is 2. The summed E-state index contributed by atoms with van der Waals surface area (Å²) < 4.78 is 47.3. The van der Waals surface area contributed by atoms with Crippen molar-refractivity contribution in [2.45, 2.75) is 9.79 Å². The van der Waals surface area contributed by atoms with E-state index in [4.69, 9.17) is 10.3 Å². The zero-order valence-corrected chi connectivity index (χ0v) is 14.5. The lowest BCUT2D eigenvalue weighted by atomic mass is 10.1. The average Bonchev–Trinajstić information content (AvgIpc) is 2.52. The zero-order chi connectivity index (χ0) is 20.3. The predicted molar refractivity (Wildman–Crippen MR) is 92.1 cm³/mol. The molecule has 0 spiro atoms. The van der Waals surface area contributed by atoms with Crippen LogP contribution in [-0.2, 0) is 20.0 Å². The van der Waals surface area contributed by atoms with Crippen molar-refractivity contribution >= 4 is 47.5 Å². The third-order valence-corrected chi connectivity index (χ3v) is 5.50.